The molecule has 4 nitrogen and oxygen atoms in total. The molecule has 88 valence electrons. The molecule has 1 aromatic rings. The lowest BCUT2D eigenvalue weighted by molar-refractivity contribution is 0.193. The van der Waals surface area contributed by atoms with Crippen LogP contribution in [0.3, 0.4) is 0 Å². The number of nitrogens with zero attached hydrogens (tertiary/aromatic N) is 2. The summed E-state index contributed by atoms with van der Waals surface area (Å²) in [7, 11) is 1.98. The Labute approximate surface area is 99.8 Å². The zero-order valence-corrected chi connectivity index (χ0v) is 9.94. The van der Waals surface area contributed by atoms with Crippen LogP contribution in [-0.4, -0.2) is 36.4 Å². The van der Waals surface area contributed by atoms with E-state index in [0.29, 0.717) is 16.8 Å². The lowest BCUT2D eigenvalue weighted by Gasteiger charge is -2.24. The maximum absolute atomic E-state index is 9.10. The monoisotopic (exact) mass is 242 g/mol. The number of anilines is 1. The maximum atomic E-state index is 9.10. The van der Waals surface area contributed by atoms with E-state index in [-0.39, 0.29) is 6.61 Å². The molecule has 2 rings (SSSR count). The third-order valence-electron chi connectivity index (χ3n) is 2.87. The predicted octanol–water partition coefficient (Wildman–Crippen LogP) is 1.45. The molecule has 2 heterocycles. The van der Waals surface area contributed by atoms with Crippen molar-refractivity contribution in [3.8, 4) is 0 Å². The first kappa shape index (κ1) is 11.6. The van der Waals surface area contributed by atoms with E-state index in [9.17, 15) is 0 Å². The van der Waals surface area contributed by atoms with Crippen molar-refractivity contribution in [3.05, 3.63) is 22.8 Å². The van der Waals surface area contributed by atoms with Crippen LogP contribution in [0, 0.1) is 0 Å². The third kappa shape index (κ3) is 2.29. The van der Waals surface area contributed by atoms with Gasteiger partial charge in [0.05, 0.1) is 30.0 Å². The van der Waals surface area contributed by atoms with E-state index in [1.165, 1.54) is 0 Å². The molecule has 0 saturated carbocycles. The predicted molar refractivity (Wildman–Crippen MR) is 62.8 cm³/mol. The fourth-order valence-corrected chi connectivity index (χ4v) is 1.96. The van der Waals surface area contributed by atoms with Crippen LogP contribution in [0.2, 0.25) is 5.02 Å². The molecule has 1 unspecified atom stereocenters. The molecule has 1 aromatic heterocycles. The molecule has 0 radical (unpaired) electrons. The van der Waals surface area contributed by atoms with Gasteiger partial charge in [0.15, 0.2) is 0 Å². The number of aliphatic hydroxyl groups is 1. The van der Waals surface area contributed by atoms with Crippen LogP contribution in [-0.2, 0) is 11.3 Å². The van der Waals surface area contributed by atoms with Crippen molar-refractivity contribution in [2.45, 2.75) is 19.1 Å². The molecule has 0 spiro atoms. The number of aromatic nitrogens is 1. The normalized spacial score (nSPS) is 20.1. The molecule has 0 bridgehead atoms. The molecule has 0 aromatic carbocycles. The van der Waals surface area contributed by atoms with Gasteiger partial charge in [0.1, 0.15) is 5.82 Å². The number of ether oxygens (including phenoxy) is 1. The largest absolute Gasteiger partial charge is 0.390 e. The Bertz CT molecular complexity index is 367. The summed E-state index contributed by atoms with van der Waals surface area (Å²) < 4.78 is 5.34. The van der Waals surface area contributed by atoms with Crippen molar-refractivity contribution in [2.24, 2.45) is 0 Å². The summed E-state index contributed by atoms with van der Waals surface area (Å²) in [6.45, 7) is 1.40. The fraction of sp³-hybridized carbons (Fsp3) is 0.545. The molecule has 0 amide bonds. The second-order valence-corrected chi connectivity index (χ2v) is 4.29. The number of halogens is 1. The van der Waals surface area contributed by atoms with Gasteiger partial charge in [-0.15, -0.1) is 0 Å². The number of pyridine rings is 1. The quantitative estimate of drug-likeness (QED) is 0.872. The summed E-state index contributed by atoms with van der Waals surface area (Å²) in [5, 5.41) is 9.60. The highest BCUT2D eigenvalue weighted by Crippen LogP contribution is 2.22. The minimum atomic E-state index is -0.137. The molecular formula is C11H15ClN2O2. The SMILES string of the molecule is CN(c1ccc(Cl)c(CO)n1)C1CCOC1. The molecule has 1 saturated heterocycles. The van der Waals surface area contributed by atoms with Crippen molar-refractivity contribution >= 4 is 17.4 Å². The smallest absolute Gasteiger partial charge is 0.129 e. The van der Waals surface area contributed by atoms with E-state index in [0.717, 1.165) is 25.5 Å². The molecular weight excluding hydrogens is 228 g/mol. The van der Waals surface area contributed by atoms with Crippen molar-refractivity contribution in [1.29, 1.82) is 0 Å². The third-order valence-corrected chi connectivity index (χ3v) is 3.21. The van der Waals surface area contributed by atoms with E-state index in [1.807, 2.05) is 13.1 Å². The minimum Gasteiger partial charge on any atom is -0.390 e. The van der Waals surface area contributed by atoms with Gasteiger partial charge in [-0.2, -0.15) is 0 Å². The van der Waals surface area contributed by atoms with E-state index in [2.05, 4.69) is 9.88 Å². The first-order chi connectivity index (χ1) is 7.72. The Balaban J connectivity index is 2.19. The Morgan fingerprint density at radius 3 is 3.06 bits per heavy atom. The zero-order valence-electron chi connectivity index (χ0n) is 9.19. The molecule has 16 heavy (non-hydrogen) atoms. The summed E-state index contributed by atoms with van der Waals surface area (Å²) in [4.78, 5) is 6.40. The topological polar surface area (TPSA) is 45.6 Å². The zero-order chi connectivity index (χ0) is 11.5. The molecule has 1 aliphatic heterocycles. The molecule has 1 atom stereocenters. The summed E-state index contributed by atoms with van der Waals surface area (Å²) in [5.41, 5.74) is 0.518. The second-order valence-electron chi connectivity index (χ2n) is 3.88. The van der Waals surface area contributed by atoms with Gasteiger partial charge < -0.3 is 14.7 Å². The summed E-state index contributed by atoms with van der Waals surface area (Å²) in [5.74, 6) is 0.823. The second kappa shape index (κ2) is 4.99. The van der Waals surface area contributed by atoms with Crippen LogP contribution < -0.4 is 4.90 Å². The van der Waals surface area contributed by atoms with Crippen molar-refractivity contribution in [2.75, 3.05) is 25.2 Å². The van der Waals surface area contributed by atoms with E-state index in [1.54, 1.807) is 6.07 Å². The van der Waals surface area contributed by atoms with Gasteiger partial charge in [-0.1, -0.05) is 11.6 Å². The number of hydrogen-bond acceptors (Lipinski definition) is 4. The Morgan fingerprint density at radius 1 is 1.62 bits per heavy atom. The summed E-state index contributed by atoms with van der Waals surface area (Å²) in [6, 6.07) is 3.99. The average molecular weight is 243 g/mol. The molecule has 5 heteroatoms. The number of likely N-dealkylation sites (N-methyl/N-ethyl adjacent to an activating group) is 1. The summed E-state index contributed by atoms with van der Waals surface area (Å²) >= 11 is 5.89. The van der Waals surface area contributed by atoms with Crippen LogP contribution in [0.4, 0.5) is 5.82 Å². The van der Waals surface area contributed by atoms with Crippen LogP contribution in [0.1, 0.15) is 12.1 Å². The highest BCUT2D eigenvalue weighted by molar-refractivity contribution is 6.31. The Kier molecular flexibility index (Phi) is 3.63. The van der Waals surface area contributed by atoms with Crippen LogP contribution in [0.5, 0.6) is 0 Å². The Morgan fingerprint density at radius 2 is 2.44 bits per heavy atom. The molecule has 0 aliphatic carbocycles. The minimum absolute atomic E-state index is 0.137. The lowest BCUT2D eigenvalue weighted by Crippen LogP contribution is -2.32. The van der Waals surface area contributed by atoms with E-state index in [4.69, 9.17) is 21.4 Å². The van der Waals surface area contributed by atoms with E-state index < -0.39 is 0 Å². The van der Waals surface area contributed by atoms with Crippen LogP contribution in [0.15, 0.2) is 12.1 Å². The fourth-order valence-electron chi connectivity index (χ4n) is 1.79. The molecule has 1 aliphatic rings. The van der Waals surface area contributed by atoms with Gasteiger partial charge in [-0.3, -0.25) is 0 Å². The highest BCUT2D eigenvalue weighted by atomic mass is 35.5. The van der Waals surface area contributed by atoms with Gasteiger partial charge in [-0.25, -0.2) is 4.98 Å². The standard InChI is InChI=1S/C11H15ClN2O2/c1-14(8-4-5-16-7-8)11-3-2-9(12)10(6-15)13-11/h2-3,8,15H,4-7H2,1H3. The number of aliphatic hydroxyl groups excluding tert-OH is 1. The maximum Gasteiger partial charge on any atom is 0.129 e. The highest BCUT2D eigenvalue weighted by Gasteiger charge is 2.21. The number of hydrogen-bond donors (Lipinski definition) is 1. The van der Waals surface area contributed by atoms with Crippen molar-refractivity contribution in [3.63, 3.8) is 0 Å². The van der Waals surface area contributed by atoms with Gasteiger partial charge in [0.2, 0.25) is 0 Å². The van der Waals surface area contributed by atoms with Crippen molar-refractivity contribution < 1.29 is 9.84 Å². The lowest BCUT2D eigenvalue weighted by atomic mass is 10.2. The summed E-state index contributed by atoms with van der Waals surface area (Å²) in [6.07, 6.45) is 1.01. The molecule has 1 N–H and O–H groups in total. The van der Waals surface area contributed by atoms with Crippen LogP contribution in [0.25, 0.3) is 0 Å². The first-order valence-electron chi connectivity index (χ1n) is 5.29. The average Bonchev–Trinajstić information content (AvgIpc) is 2.82. The van der Waals surface area contributed by atoms with E-state index >= 15 is 0 Å². The number of rotatable bonds is 3. The Hall–Kier alpha value is -0.840. The molecule has 1 fully saturated rings. The first-order valence-corrected chi connectivity index (χ1v) is 5.67. The van der Waals surface area contributed by atoms with Gasteiger partial charge in [0, 0.05) is 13.7 Å². The van der Waals surface area contributed by atoms with Gasteiger partial charge in [0.25, 0.3) is 0 Å². The van der Waals surface area contributed by atoms with Crippen LogP contribution >= 0.6 is 11.6 Å². The van der Waals surface area contributed by atoms with Crippen molar-refractivity contribution in [1.82, 2.24) is 4.98 Å². The van der Waals surface area contributed by atoms with Gasteiger partial charge in [-0.05, 0) is 18.6 Å². The van der Waals surface area contributed by atoms with Gasteiger partial charge >= 0.3 is 0 Å².